The van der Waals surface area contributed by atoms with Gasteiger partial charge < -0.3 is 5.11 Å². The van der Waals surface area contributed by atoms with E-state index in [0.29, 0.717) is 5.69 Å². The van der Waals surface area contributed by atoms with Crippen LogP contribution in [0.5, 0.6) is 0 Å². The van der Waals surface area contributed by atoms with Gasteiger partial charge in [-0.15, -0.1) is 11.3 Å². The second-order valence-electron chi connectivity index (χ2n) is 3.68. The van der Waals surface area contributed by atoms with Crippen LogP contribution in [0.2, 0.25) is 5.15 Å². The van der Waals surface area contributed by atoms with E-state index >= 15 is 0 Å². The van der Waals surface area contributed by atoms with Gasteiger partial charge in [-0.2, -0.15) is 0 Å². The molecule has 0 atom stereocenters. The summed E-state index contributed by atoms with van der Waals surface area (Å²) in [7, 11) is -4.08. The van der Waals surface area contributed by atoms with Crippen molar-refractivity contribution in [2.24, 2.45) is 0 Å². The Kier molecular flexibility index (Phi) is 3.93. The molecule has 0 aliphatic heterocycles. The lowest BCUT2D eigenvalue weighted by Gasteiger charge is -2.07. The third-order valence-electron chi connectivity index (χ3n) is 2.16. The molecule has 0 aliphatic carbocycles. The SMILES string of the molecule is Cc1cc(Cl)nc(NS(=O)(=O)c2ccsc2C(=O)O)n1. The van der Waals surface area contributed by atoms with Gasteiger partial charge in [-0.05, 0) is 24.4 Å². The van der Waals surface area contributed by atoms with Crippen molar-refractivity contribution in [2.75, 3.05) is 4.72 Å². The van der Waals surface area contributed by atoms with E-state index < -0.39 is 16.0 Å². The average Bonchev–Trinajstić information content (AvgIpc) is 2.75. The second kappa shape index (κ2) is 5.35. The fraction of sp³-hybridized carbons (Fsp3) is 0.100. The Morgan fingerprint density at radius 3 is 2.75 bits per heavy atom. The van der Waals surface area contributed by atoms with Crippen LogP contribution in [0.25, 0.3) is 0 Å². The summed E-state index contributed by atoms with van der Waals surface area (Å²) in [6, 6.07) is 2.67. The smallest absolute Gasteiger partial charge is 0.347 e. The fourth-order valence-corrected chi connectivity index (χ4v) is 3.86. The molecule has 0 amide bonds. The van der Waals surface area contributed by atoms with E-state index in [1.54, 1.807) is 6.92 Å². The van der Waals surface area contributed by atoms with Crippen molar-refractivity contribution < 1.29 is 18.3 Å². The van der Waals surface area contributed by atoms with Gasteiger partial charge in [0, 0.05) is 5.69 Å². The fourth-order valence-electron chi connectivity index (χ4n) is 1.42. The van der Waals surface area contributed by atoms with Gasteiger partial charge >= 0.3 is 5.97 Å². The van der Waals surface area contributed by atoms with Gasteiger partial charge in [-0.25, -0.2) is 27.9 Å². The predicted molar refractivity (Wildman–Crippen MR) is 73.9 cm³/mol. The second-order valence-corrected chi connectivity index (χ2v) is 6.63. The number of nitrogens with zero attached hydrogens (tertiary/aromatic N) is 2. The number of aromatic nitrogens is 2. The van der Waals surface area contributed by atoms with E-state index in [-0.39, 0.29) is 20.9 Å². The van der Waals surface area contributed by atoms with Crippen LogP contribution in [-0.4, -0.2) is 29.5 Å². The number of thiophene rings is 1. The summed E-state index contributed by atoms with van der Waals surface area (Å²) in [6.07, 6.45) is 0. The Morgan fingerprint density at radius 2 is 2.15 bits per heavy atom. The Balaban J connectivity index is 2.41. The van der Waals surface area contributed by atoms with Gasteiger partial charge in [0.1, 0.15) is 14.9 Å². The number of carboxylic acid groups (broad SMARTS) is 1. The maximum Gasteiger partial charge on any atom is 0.347 e. The van der Waals surface area contributed by atoms with Crippen molar-refractivity contribution in [2.45, 2.75) is 11.8 Å². The van der Waals surface area contributed by atoms with E-state index in [9.17, 15) is 13.2 Å². The quantitative estimate of drug-likeness (QED) is 0.828. The van der Waals surface area contributed by atoms with Crippen molar-refractivity contribution in [1.29, 1.82) is 0 Å². The minimum Gasteiger partial charge on any atom is -0.477 e. The number of aromatic carboxylic acids is 1. The first-order valence-corrected chi connectivity index (χ1v) is 7.88. The summed E-state index contributed by atoms with van der Waals surface area (Å²) in [5.41, 5.74) is 0.478. The zero-order chi connectivity index (χ0) is 14.9. The van der Waals surface area contributed by atoms with Crippen LogP contribution in [0.3, 0.4) is 0 Å². The van der Waals surface area contributed by atoms with Crippen LogP contribution >= 0.6 is 22.9 Å². The molecule has 0 bridgehead atoms. The minimum absolute atomic E-state index is 0.0824. The number of nitrogens with one attached hydrogen (secondary N) is 1. The zero-order valence-electron chi connectivity index (χ0n) is 9.99. The molecule has 0 aromatic carbocycles. The molecule has 20 heavy (non-hydrogen) atoms. The summed E-state index contributed by atoms with van der Waals surface area (Å²) >= 11 is 6.52. The number of anilines is 1. The highest BCUT2D eigenvalue weighted by atomic mass is 35.5. The number of hydrogen-bond donors (Lipinski definition) is 2. The van der Waals surface area contributed by atoms with Gasteiger partial charge in [0.05, 0.1) is 0 Å². The molecular weight excluding hydrogens is 326 g/mol. The largest absolute Gasteiger partial charge is 0.477 e. The summed E-state index contributed by atoms with van der Waals surface area (Å²) in [5, 5.41) is 10.4. The third-order valence-corrected chi connectivity index (χ3v) is 4.76. The molecule has 2 rings (SSSR count). The third kappa shape index (κ3) is 3.06. The maximum absolute atomic E-state index is 12.1. The highest BCUT2D eigenvalue weighted by molar-refractivity contribution is 7.93. The minimum atomic E-state index is -4.08. The Hall–Kier alpha value is -1.71. The van der Waals surface area contributed by atoms with Crippen molar-refractivity contribution >= 4 is 44.9 Å². The summed E-state index contributed by atoms with van der Waals surface area (Å²) in [5.74, 6) is -1.53. The number of hydrogen-bond acceptors (Lipinski definition) is 6. The van der Waals surface area contributed by atoms with Crippen molar-refractivity contribution in [3.63, 3.8) is 0 Å². The average molecular weight is 334 g/mol. The predicted octanol–water partition coefficient (Wildman–Crippen LogP) is 2.00. The molecule has 10 heteroatoms. The molecule has 2 N–H and O–H groups in total. The number of rotatable bonds is 4. The van der Waals surface area contributed by atoms with Crippen molar-refractivity contribution in [1.82, 2.24) is 9.97 Å². The van der Waals surface area contributed by atoms with Crippen molar-refractivity contribution in [3.05, 3.63) is 33.2 Å². The summed E-state index contributed by atoms with van der Waals surface area (Å²) in [6.45, 7) is 1.62. The zero-order valence-corrected chi connectivity index (χ0v) is 12.4. The van der Waals surface area contributed by atoms with E-state index in [2.05, 4.69) is 14.7 Å². The molecule has 0 saturated heterocycles. The normalized spacial score (nSPS) is 11.3. The number of carboxylic acids is 1. The molecule has 2 aromatic rings. The molecule has 2 heterocycles. The van der Waals surface area contributed by atoms with Gasteiger partial charge in [0.15, 0.2) is 0 Å². The highest BCUT2D eigenvalue weighted by Gasteiger charge is 2.24. The van der Waals surface area contributed by atoms with Crippen LogP contribution in [0.4, 0.5) is 5.95 Å². The van der Waals surface area contributed by atoms with Gasteiger partial charge in [-0.3, -0.25) is 0 Å². The van der Waals surface area contributed by atoms with Crippen LogP contribution in [-0.2, 0) is 10.0 Å². The van der Waals surface area contributed by atoms with Gasteiger partial charge in [0.25, 0.3) is 10.0 Å². The molecule has 0 saturated carbocycles. The first-order chi connectivity index (χ1) is 9.29. The van der Waals surface area contributed by atoms with Gasteiger partial charge in [-0.1, -0.05) is 11.6 Å². The first kappa shape index (κ1) is 14.7. The number of aryl methyl sites for hydroxylation is 1. The van der Waals surface area contributed by atoms with Crippen LogP contribution in [0.1, 0.15) is 15.4 Å². The lowest BCUT2D eigenvalue weighted by molar-refractivity contribution is 0.0698. The van der Waals surface area contributed by atoms with Crippen LogP contribution in [0, 0.1) is 6.92 Å². The lowest BCUT2D eigenvalue weighted by Crippen LogP contribution is -2.17. The van der Waals surface area contributed by atoms with Crippen LogP contribution < -0.4 is 4.72 Å². The Labute approximate surface area is 123 Å². The van der Waals surface area contributed by atoms with Crippen molar-refractivity contribution in [3.8, 4) is 0 Å². The number of halogens is 1. The maximum atomic E-state index is 12.1. The molecule has 0 radical (unpaired) electrons. The van der Waals surface area contributed by atoms with Crippen LogP contribution in [0.15, 0.2) is 22.4 Å². The number of carbonyl (C=O) groups is 1. The van der Waals surface area contributed by atoms with E-state index in [1.807, 2.05) is 0 Å². The lowest BCUT2D eigenvalue weighted by atomic mass is 10.5. The highest BCUT2D eigenvalue weighted by Crippen LogP contribution is 2.23. The molecule has 0 aliphatic rings. The Bertz CT molecular complexity index is 752. The van der Waals surface area contributed by atoms with E-state index in [4.69, 9.17) is 16.7 Å². The molecule has 0 spiro atoms. The summed E-state index contributed by atoms with van der Waals surface area (Å²) < 4.78 is 26.3. The first-order valence-electron chi connectivity index (χ1n) is 5.14. The monoisotopic (exact) mass is 333 g/mol. The van der Waals surface area contributed by atoms with E-state index in [0.717, 1.165) is 11.3 Å². The molecular formula is C10H8ClN3O4S2. The molecule has 106 valence electrons. The molecule has 0 fully saturated rings. The molecule has 7 nitrogen and oxygen atoms in total. The topological polar surface area (TPSA) is 109 Å². The standard InChI is InChI=1S/C10H8ClN3O4S2/c1-5-4-7(11)13-10(12-5)14-20(17,18)6-2-3-19-8(6)9(15)16/h2-4H,1H3,(H,15,16)(H,12,13,14). The van der Waals surface area contributed by atoms with E-state index in [1.165, 1.54) is 17.5 Å². The van der Waals surface area contributed by atoms with Gasteiger partial charge in [0.2, 0.25) is 5.95 Å². The molecule has 2 aromatic heterocycles. The number of sulfonamides is 1. The molecule has 0 unspecified atom stereocenters. The Morgan fingerprint density at radius 1 is 1.45 bits per heavy atom. The summed E-state index contributed by atoms with van der Waals surface area (Å²) in [4.78, 5) is 17.9.